The Morgan fingerprint density at radius 2 is 1.92 bits per heavy atom. The van der Waals surface area contributed by atoms with E-state index < -0.39 is 0 Å². The first-order chi connectivity index (χ1) is 12.8. The van der Waals surface area contributed by atoms with E-state index in [1.807, 2.05) is 30.3 Å². The lowest BCUT2D eigenvalue weighted by atomic mass is 10.1. The van der Waals surface area contributed by atoms with Gasteiger partial charge < -0.3 is 15.0 Å². The van der Waals surface area contributed by atoms with E-state index >= 15 is 0 Å². The first-order valence-electron chi connectivity index (χ1n) is 9.15. The standard InChI is InChI=1S/C19H24N6O/c1-26-16-7-5-15(6-8-16)17-13-18(19-22-21-14-25(19)23-17)20-9-12-24-10-3-2-4-11-24/h5-8,13-14,20H,2-4,9-12H2,1H3. The second kappa shape index (κ2) is 7.70. The van der Waals surface area contributed by atoms with Crippen LogP contribution in [0.1, 0.15) is 19.3 Å². The number of ether oxygens (including phenoxy) is 1. The molecule has 0 atom stereocenters. The molecule has 3 aromatic rings. The smallest absolute Gasteiger partial charge is 0.200 e. The number of likely N-dealkylation sites (tertiary alicyclic amines) is 1. The molecule has 0 aliphatic carbocycles. The summed E-state index contributed by atoms with van der Waals surface area (Å²) in [5, 5.41) is 16.3. The average Bonchev–Trinajstić information content (AvgIpc) is 3.18. The zero-order valence-corrected chi connectivity index (χ0v) is 15.1. The highest BCUT2D eigenvalue weighted by atomic mass is 16.5. The Morgan fingerprint density at radius 3 is 2.69 bits per heavy atom. The van der Waals surface area contributed by atoms with Crippen LogP contribution in [0.3, 0.4) is 0 Å². The molecule has 0 bridgehead atoms. The van der Waals surface area contributed by atoms with Crippen LogP contribution >= 0.6 is 0 Å². The lowest BCUT2D eigenvalue weighted by Crippen LogP contribution is -2.33. The third-order valence-electron chi connectivity index (χ3n) is 4.85. The molecule has 7 nitrogen and oxygen atoms in total. The summed E-state index contributed by atoms with van der Waals surface area (Å²) in [6.45, 7) is 4.33. The number of piperidine rings is 1. The monoisotopic (exact) mass is 352 g/mol. The summed E-state index contributed by atoms with van der Waals surface area (Å²) >= 11 is 0. The maximum atomic E-state index is 5.23. The quantitative estimate of drug-likeness (QED) is 0.736. The molecule has 0 radical (unpaired) electrons. The normalized spacial score (nSPS) is 15.3. The van der Waals surface area contributed by atoms with Crippen LogP contribution < -0.4 is 10.1 Å². The van der Waals surface area contributed by atoms with Crippen molar-refractivity contribution >= 4 is 11.3 Å². The topological polar surface area (TPSA) is 67.6 Å². The van der Waals surface area contributed by atoms with Gasteiger partial charge in [-0.25, -0.2) is 0 Å². The van der Waals surface area contributed by atoms with Gasteiger partial charge in [-0.1, -0.05) is 6.42 Å². The summed E-state index contributed by atoms with van der Waals surface area (Å²) < 4.78 is 6.96. The Bertz CT molecular complexity index is 854. The molecule has 1 saturated heterocycles. The van der Waals surface area contributed by atoms with E-state index in [1.165, 1.54) is 32.4 Å². The molecule has 3 heterocycles. The van der Waals surface area contributed by atoms with Crippen molar-refractivity contribution in [3.8, 4) is 17.0 Å². The molecule has 1 aliphatic rings. The summed E-state index contributed by atoms with van der Waals surface area (Å²) in [5.41, 5.74) is 3.61. The van der Waals surface area contributed by atoms with E-state index in [-0.39, 0.29) is 0 Å². The molecular formula is C19H24N6O. The summed E-state index contributed by atoms with van der Waals surface area (Å²) in [5.74, 6) is 0.832. The van der Waals surface area contributed by atoms with Crippen molar-refractivity contribution in [2.24, 2.45) is 0 Å². The van der Waals surface area contributed by atoms with Crippen LogP contribution in [0, 0.1) is 0 Å². The van der Waals surface area contributed by atoms with Crippen molar-refractivity contribution in [3.05, 3.63) is 36.7 Å². The fourth-order valence-electron chi connectivity index (χ4n) is 3.39. The SMILES string of the molecule is COc1ccc(-c2cc(NCCN3CCCCC3)c3nncn3n2)cc1. The fraction of sp³-hybridized carbons (Fsp3) is 0.421. The number of nitrogens with one attached hydrogen (secondary N) is 1. The van der Waals surface area contributed by atoms with Crippen molar-refractivity contribution in [2.75, 3.05) is 38.6 Å². The maximum absolute atomic E-state index is 5.23. The molecule has 1 aliphatic heterocycles. The Kier molecular flexibility index (Phi) is 4.97. The summed E-state index contributed by atoms with van der Waals surface area (Å²) in [7, 11) is 1.67. The molecule has 0 unspecified atom stereocenters. The van der Waals surface area contributed by atoms with Crippen LogP contribution in [-0.2, 0) is 0 Å². The van der Waals surface area contributed by atoms with Gasteiger partial charge in [-0.05, 0) is 56.3 Å². The molecule has 7 heteroatoms. The number of hydrogen-bond donors (Lipinski definition) is 1. The highest BCUT2D eigenvalue weighted by Gasteiger charge is 2.12. The van der Waals surface area contributed by atoms with Crippen LogP contribution in [-0.4, -0.2) is 58.0 Å². The fourth-order valence-corrected chi connectivity index (χ4v) is 3.39. The van der Waals surface area contributed by atoms with Gasteiger partial charge in [0.15, 0.2) is 0 Å². The summed E-state index contributed by atoms with van der Waals surface area (Å²) in [6, 6.07) is 9.94. The molecule has 1 aromatic carbocycles. The number of nitrogens with zero attached hydrogens (tertiary/aromatic N) is 5. The van der Waals surface area contributed by atoms with E-state index in [0.717, 1.165) is 41.4 Å². The predicted molar refractivity (Wildman–Crippen MR) is 102 cm³/mol. The largest absolute Gasteiger partial charge is 0.497 e. The van der Waals surface area contributed by atoms with E-state index in [1.54, 1.807) is 18.0 Å². The Balaban J connectivity index is 1.53. The highest BCUT2D eigenvalue weighted by molar-refractivity contribution is 5.73. The molecule has 2 aromatic heterocycles. The number of benzene rings is 1. The number of fused-ring (bicyclic) bond motifs is 1. The lowest BCUT2D eigenvalue weighted by molar-refractivity contribution is 0.237. The lowest BCUT2D eigenvalue weighted by Gasteiger charge is -2.26. The minimum atomic E-state index is 0.751. The second-order valence-electron chi connectivity index (χ2n) is 6.60. The first kappa shape index (κ1) is 16.8. The first-order valence-corrected chi connectivity index (χ1v) is 9.15. The Morgan fingerprint density at radius 1 is 1.12 bits per heavy atom. The number of aromatic nitrogens is 4. The van der Waals surface area contributed by atoms with E-state index in [4.69, 9.17) is 4.74 Å². The van der Waals surface area contributed by atoms with E-state index in [9.17, 15) is 0 Å². The van der Waals surface area contributed by atoms with Gasteiger partial charge in [0.25, 0.3) is 0 Å². The van der Waals surface area contributed by atoms with Crippen molar-refractivity contribution in [2.45, 2.75) is 19.3 Å². The highest BCUT2D eigenvalue weighted by Crippen LogP contribution is 2.24. The molecule has 136 valence electrons. The maximum Gasteiger partial charge on any atom is 0.200 e. The molecule has 4 rings (SSSR count). The van der Waals surface area contributed by atoms with Gasteiger partial charge in [0.2, 0.25) is 5.65 Å². The predicted octanol–water partition coefficient (Wildman–Crippen LogP) is 2.70. The van der Waals surface area contributed by atoms with Gasteiger partial charge in [-0.3, -0.25) is 0 Å². The minimum absolute atomic E-state index is 0.751. The van der Waals surface area contributed by atoms with Gasteiger partial charge >= 0.3 is 0 Å². The number of methoxy groups -OCH3 is 1. The zero-order chi connectivity index (χ0) is 17.8. The molecule has 1 fully saturated rings. The van der Waals surface area contributed by atoms with E-state index in [2.05, 4.69) is 25.5 Å². The third-order valence-corrected chi connectivity index (χ3v) is 4.85. The summed E-state index contributed by atoms with van der Waals surface area (Å²) in [4.78, 5) is 2.52. The molecule has 0 spiro atoms. The third kappa shape index (κ3) is 3.62. The van der Waals surface area contributed by atoms with Crippen LogP contribution in [0.25, 0.3) is 16.9 Å². The number of anilines is 1. The van der Waals surface area contributed by atoms with Gasteiger partial charge in [0, 0.05) is 18.7 Å². The van der Waals surface area contributed by atoms with Gasteiger partial charge in [-0.2, -0.15) is 9.61 Å². The van der Waals surface area contributed by atoms with Crippen molar-refractivity contribution < 1.29 is 4.74 Å². The minimum Gasteiger partial charge on any atom is -0.497 e. The van der Waals surface area contributed by atoms with Crippen molar-refractivity contribution in [1.29, 1.82) is 0 Å². The van der Waals surface area contributed by atoms with Crippen LogP contribution in [0.2, 0.25) is 0 Å². The average molecular weight is 352 g/mol. The van der Waals surface area contributed by atoms with Crippen LogP contribution in [0.15, 0.2) is 36.7 Å². The Labute approximate surface area is 153 Å². The molecule has 1 N–H and O–H groups in total. The van der Waals surface area contributed by atoms with Gasteiger partial charge in [0.1, 0.15) is 12.1 Å². The summed E-state index contributed by atoms with van der Waals surface area (Å²) in [6.07, 6.45) is 5.62. The second-order valence-corrected chi connectivity index (χ2v) is 6.60. The number of hydrogen-bond acceptors (Lipinski definition) is 6. The van der Waals surface area contributed by atoms with Crippen LogP contribution in [0.4, 0.5) is 5.69 Å². The molecule has 26 heavy (non-hydrogen) atoms. The number of rotatable bonds is 6. The molecule has 0 amide bonds. The van der Waals surface area contributed by atoms with E-state index in [0.29, 0.717) is 0 Å². The van der Waals surface area contributed by atoms with Gasteiger partial charge in [-0.15, -0.1) is 10.2 Å². The Hall–Kier alpha value is -2.67. The van der Waals surface area contributed by atoms with Gasteiger partial charge in [0.05, 0.1) is 18.5 Å². The van der Waals surface area contributed by atoms with Crippen molar-refractivity contribution in [3.63, 3.8) is 0 Å². The zero-order valence-electron chi connectivity index (χ0n) is 15.1. The molecular weight excluding hydrogens is 328 g/mol. The molecule has 0 saturated carbocycles. The van der Waals surface area contributed by atoms with Crippen LogP contribution in [0.5, 0.6) is 5.75 Å². The van der Waals surface area contributed by atoms with Crippen molar-refractivity contribution in [1.82, 2.24) is 24.7 Å².